The van der Waals surface area contributed by atoms with Crippen molar-refractivity contribution in [3.8, 4) is 5.69 Å². The molecule has 0 saturated heterocycles. The molecule has 4 rings (SSSR count). The summed E-state index contributed by atoms with van der Waals surface area (Å²) in [5, 5.41) is 15.2. The van der Waals surface area contributed by atoms with Gasteiger partial charge in [-0.05, 0) is 43.2 Å². The summed E-state index contributed by atoms with van der Waals surface area (Å²) in [6.45, 7) is 2.46. The van der Waals surface area contributed by atoms with Gasteiger partial charge in [-0.3, -0.25) is 4.68 Å². The van der Waals surface area contributed by atoms with Crippen LogP contribution < -0.4 is 10.6 Å². The average molecular weight is 375 g/mol. The summed E-state index contributed by atoms with van der Waals surface area (Å²) in [6, 6.07) is 11.6. The fourth-order valence-corrected chi connectivity index (χ4v) is 3.11. The van der Waals surface area contributed by atoms with Crippen LogP contribution in [0.3, 0.4) is 0 Å². The number of anilines is 1. The third-order valence-electron chi connectivity index (χ3n) is 4.53. The SMILES string of the molecule is Cc1nn(C)c2ncc(NC(=O)NCCc3ccc(-n4cccn4)cc3)cc12. The Bertz CT molecular complexity index is 1100. The number of carbonyl (C=O) groups is 1. The van der Waals surface area contributed by atoms with Crippen LogP contribution in [0.25, 0.3) is 16.7 Å². The van der Waals surface area contributed by atoms with Crippen molar-refractivity contribution in [3.63, 3.8) is 0 Å². The second-order valence-corrected chi connectivity index (χ2v) is 6.55. The van der Waals surface area contributed by atoms with Crippen LogP contribution in [0.2, 0.25) is 0 Å². The van der Waals surface area contributed by atoms with Crippen LogP contribution in [-0.2, 0) is 13.5 Å². The summed E-state index contributed by atoms with van der Waals surface area (Å²) >= 11 is 0. The van der Waals surface area contributed by atoms with E-state index in [1.165, 1.54) is 0 Å². The fraction of sp³-hybridized carbons (Fsp3) is 0.200. The van der Waals surface area contributed by atoms with Crippen LogP contribution in [-0.4, -0.2) is 37.1 Å². The standard InChI is InChI=1S/C20H21N7O/c1-14-18-12-16(13-22-19(18)26(2)25-14)24-20(28)21-10-8-15-4-6-17(7-5-15)27-11-3-9-23-27/h3-7,9,11-13H,8,10H2,1-2H3,(H2,21,24,28). The minimum Gasteiger partial charge on any atom is -0.338 e. The molecular weight excluding hydrogens is 354 g/mol. The monoisotopic (exact) mass is 375 g/mol. The summed E-state index contributed by atoms with van der Waals surface area (Å²) in [6.07, 6.45) is 6.03. The molecule has 0 bridgehead atoms. The van der Waals surface area contributed by atoms with E-state index in [0.29, 0.717) is 12.2 Å². The molecule has 0 fully saturated rings. The Morgan fingerprint density at radius 2 is 2.04 bits per heavy atom. The number of benzene rings is 1. The number of urea groups is 1. The van der Waals surface area contributed by atoms with Crippen molar-refractivity contribution in [1.82, 2.24) is 29.9 Å². The minimum atomic E-state index is -0.254. The van der Waals surface area contributed by atoms with E-state index in [9.17, 15) is 4.79 Å². The van der Waals surface area contributed by atoms with Crippen molar-refractivity contribution in [3.05, 3.63) is 66.2 Å². The zero-order valence-corrected chi connectivity index (χ0v) is 15.8. The van der Waals surface area contributed by atoms with Gasteiger partial charge in [-0.2, -0.15) is 10.2 Å². The van der Waals surface area contributed by atoms with Gasteiger partial charge >= 0.3 is 6.03 Å². The molecule has 0 radical (unpaired) electrons. The van der Waals surface area contributed by atoms with Crippen molar-refractivity contribution in [2.24, 2.45) is 7.05 Å². The molecule has 8 nitrogen and oxygen atoms in total. The average Bonchev–Trinajstić information content (AvgIpc) is 3.31. The largest absolute Gasteiger partial charge is 0.338 e. The molecule has 3 aromatic heterocycles. The number of rotatable bonds is 5. The summed E-state index contributed by atoms with van der Waals surface area (Å²) in [5.41, 5.74) is 4.47. The van der Waals surface area contributed by atoms with Gasteiger partial charge in [0.25, 0.3) is 0 Å². The first-order valence-corrected chi connectivity index (χ1v) is 9.03. The molecule has 0 aliphatic rings. The molecule has 4 aromatic rings. The summed E-state index contributed by atoms with van der Waals surface area (Å²) in [4.78, 5) is 16.5. The van der Waals surface area contributed by atoms with Crippen LogP contribution in [0, 0.1) is 6.92 Å². The molecular formula is C20H21N7O. The van der Waals surface area contributed by atoms with E-state index in [1.54, 1.807) is 17.1 Å². The number of fused-ring (bicyclic) bond motifs is 1. The number of pyridine rings is 1. The first-order chi connectivity index (χ1) is 13.6. The maximum atomic E-state index is 12.2. The van der Waals surface area contributed by atoms with Gasteiger partial charge in [0.15, 0.2) is 5.65 Å². The molecule has 142 valence electrons. The molecule has 28 heavy (non-hydrogen) atoms. The molecule has 8 heteroatoms. The highest BCUT2D eigenvalue weighted by molar-refractivity contribution is 5.92. The van der Waals surface area contributed by atoms with E-state index in [-0.39, 0.29) is 6.03 Å². The lowest BCUT2D eigenvalue weighted by molar-refractivity contribution is 0.252. The Hall–Kier alpha value is -3.68. The van der Waals surface area contributed by atoms with E-state index in [2.05, 4.69) is 25.8 Å². The van der Waals surface area contributed by atoms with Gasteiger partial charge in [-0.1, -0.05) is 12.1 Å². The summed E-state index contributed by atoms with van der Waals surface area (Å²) < 4.78 is 3.54. The van der Waals surface area contributed by atoms with E-state index in [0.717, 1.165) is 34.4 Å². The highest BCUT2D eigenvalue weighted by Gasteiger charge is 2.08. The van der Waals surface area contributed by atoms with Crippen LogP contribution in [0.4, 0.5) is 10.5 Å². The quantitative estimate of drug-likeness (QED) is 0.561. The molecule has 2 amide bonds. The zero-order valence-electron chi connectivity index (χ0n) is 15.8. The van der Waals surface area contributed by atoms with Gasteiger partial charge in [0, 0.05) is 31.4 Å². The molecule has 0 aliphatic carbocycles. The number of aryl methyl sites for hydroxylation is 2. The maximum Gasteiger partial charge on any atom is 0.319 e. The Balaban J connectivity index is 1.30. The molecule has 3 heterocycles. The van der Waals surface area contributed by atoms with E-state index < -0.39 is 0 Å². The van der Waals surface area contributed by atoms with Crippen molar-refractivity contribution < 1.29 is 4.79 Å². The lowest BCUT2D eigenvalue weighted by Gasteiger charge is -2.08. The second-order valence-electron chi connectivity index (χ2n) is 6.55. The minimum absolute atomic E-state index is 0.254. The first-order valence-electron chi connectivity index (χ1n) is 9.03. The van der Waals surface area contributed by atoms with Crippen molar-refractivity contribution in [1.29, 1.82) is 0 Å². The Kier molecular flexibility index (Phi) is 4.76. The second kappa shape index (κ2) is 7.51. The Morgan fingerprint density at radius 3 is 2.79 bits per heavy atom. The number of aromatic nitrogens is 5. The predicted octanol–water partition coefficient (Wildman–Crippen LogP) is 2.83. The molecule has 0 spiro atoms. The van der Waals surface area contributed by atoms with Crippen LogP contribution >= 0.6 is 0 Å². The lowest BCUT2D eigenvalue weighted by atomic mass is 10.1. The number of amides is 2. The fourth-order valence-electron chi connectivity index (χ4n) is 3.11. The zero-order chi connectivity index (χ0) is 19.5. The summed E-state index contributed by atoms with van der Waals surface area (Å²) in [5.74, 6) is 0. The van der Waals surface area contributed by atoms with E-state index in [4.69, 9.17) is 0 Å². The number of nitrogens with one attached hydrogen (secondary N) is 2. The van der Waals surface area contributed by atoms with Gasteiger partial charge in [-0.15, -0.1) is 0 Å². The lowest BCUT2D eigenvalue weighted by Crippen LogP contribution is -2.30. The van der Waals surface area contributed by atoms with Crippen molar-refractivity contribution >= 4 is 22.8 Å². The molecule has 2 N–H and O–H groups in total. The molecule has 0 unspecified atom stereocenters. The van der Waals surface area contributed by atoms with E-state index >= 15 is 0 Å². The van der Waals surface area contributed by atoms with Gasteiger partial charge in [0.2, 0.25) is 0 Å². The predicted molar refractivity (Wildman–Crippen MR) is 108 cm³/mol. The molecule has 1 aromatic carbocycles. The normalized spacial score (nSPS) is 10.9. The highest BCUT2D eigenvalue weighted by atomic mass is 16.2. The van der Waals surface area contributed by atoms with E-state index in [1.807, 2.05) is 61.2 Å². The van der Waals surface area contributed by atoms with Crippen molar-refractivity contribution in [2.45, 2.75) is 13.3 Å². The van der Waals surface area contributed by atoms with Crippen LogP contribution in [0.1, 0.15) is 11.3 Å². The van der Waals surface area contributed by atoms with Gasteiger partial charge in [0.05, 0.1) is 23.3 Å². The maximum absolute atomic E-state index is 12.2. The molecule has 0 aliphatic heterocycles. The summed E-state index contributed by atoms with van der Waals surface area (Å²) in [7, 11) is 1.85. The van der Waals surface area contributed by atoms with Gasteiger partial charge in [0.1, 0.15) is 0 Å². The first kappa shape index (κ1) is 17.7. The number of hydrogen-bond donors (Lipinski definition) is 2. The molecule has 0 atom stereocenters. The number of carbonyl (C=O) groups excluding carboxylic acids is 1. The Labute approximate surface area is 162 Å². The van der Waals surface area contributed by atoms with Crippen LogP contribution in [0.15, 0.2) is 55.0 Å². The van der Waals surface area contributed by atoms with Crippen molar-refractivity contribution in [2.75, 3.05) is 11.9 Å². The third-order valence-corrected chi connectivity index (χ3v) is 4.53. The van der Waals surface area contributed by atoms with Crippen LogP contribution in [0.5, 0.6) is 0 Å². The molecule has 0 saturated carbocycles. The van der Waals surface area contributed by atoms with Gasteiger partial charge in [-0.25, -0.2) is 14.5 Å². The number of hydrogen-bond acceptors (Lipinski definition) is 4. The topological polar surface area (TPSA) is 89.7 Å². The third kappa shape index (κ3) is 3.71. The van der Waals surface area contributed by atoms with Gasteiger partial charge < -0.3 is 10.6 Å². The number of nitrogens with zero attached hydrogens (tertiary/aromatic N) is 5. The smallest absolute Gasteiger partial charge is 0.319 e. The highest BCUT2D eigenvalue weighted by Crippen LogP contribution is 2.19. The Morgan fingerprint density at radius 1 is 1.21 bits per heavy atom.